The van der Waals surface area contributed by atoms with Crippen molar-refractivity contribution in [3.05, 3.63) is 84.8 Å². The monoisotopic (exact) mass is 642 g/mol. The van der Waals surface area contributed by atoms with Gasteiger partial charge in [0.2, 0.25) is 5.95 Å². The van der Waals surface area contributed by atoms with Crippen molar-refractivity contribution in [1.82, 2.24) is 29.6 Å². The molecule has 7 rings (SSSR count). The molecule has 2 aliphatic carbocycles. The van der Waals surface area contributed by atoms with Crippen molar-refractivity contribution in [2.24, 2.45) is 5.92 Å². The quantitative estimate of drug-likeness (QED) is 0.0760. The second-order valence-electron chi connectivity index (χ2n) is 11.6. The Hall–Kier alpha value is -4.71. The first-order valence-corrected chi connectivity index (χ1v) is 16.8. The lowest BCUT2D eigenvalue weighted by Gasteiger charge is -2.25. The van der Waals surface area contributed by atoms with Crippen LogP contribution >= 0.6 is 7.75 Å². The first-order valence-electron chi connectivity index (χ1n) is 15.2. The smallest absolute Gasteiger partial charge is 0.459 e. The fraction of sp³-hybridized carbons (Fsp3) is 0.312. The summed E-state index contributed by atoms with van der Waals surface area (Å²) >= 11 is 0. The maximum atomic E-state index is 14.4. The molecule has 46 heavy (non-hydrogen) atoms. The van der Waals surface area contributed by atoms with E-state index in [4.69, 9.17) is 19.5 Å². The van der Waals surface area contributed by atoms with E-state index < -0.39 is 19.8 Å². The number of carbonyl (C=O) groups is 1. The van der Waals surface area contributed by atoms with Crippen molar-refractivity contribution in [3.8, 4) is 5.75 Å². The Morgan fingerprint density at radius 1 is 1.13 bits per heavy atom. The SMILES string of the molecule is COC(=O)[C@H](Cc1c[nH]c2ccccc12)NP(=O)(OC[C@@H]1C=C[C@H](n2cnc3c(NC4CC4)nc(N)nc32)C1)Oc1ccccc1. The third kappa shape index (κ3) is 6.48. The predicted octanol–water partition coefficient (Wildman–Crippen LogP) is 5.16. The number of nitrogen functional groups attached to an aromatic ring is 1. The number of aromatic amines is 1. The summed E-state index contributed by atoms with van der Waals surface area (Å²) in [5.41, 5.74) is 9.15. The van der Waals surface area contributed by atoms with Crippen molar-refractivity contribution >= 4 is 47.5 Å². The van der Waals surface area contributed by atoms with Gasteiger partial charge < -0.3 is 29.9 Å². The van der Waals surface area contributed by atoms with Gasteiger partial charge in [-0.2, -0.15) is 15.1 Å². The number of nitrogens with one attached hydrogen (secondary N) is 3. The standard InChI is InChI=1S/C32H35N8O5P/c1-43-31(41)27(16-21-17-34-26-10-6-5-9-25(21)26)39-46(42,45-24-7-3-2-4-8-24)44-18-20-11-14-23(15-20)40-19-35-28-29(36-22-12-13-22)37-32(33)38-30(28)40/h2-11,14,17,19-20,22-23,27,34H,12-13,15-16,18H2,1H3,(H,39,42)(H3,33,36,37,38)/t20-,23+,27+,46?/m1/s1. The van der Waals surface area contributed by atoms with Crippen LogP contribution < -0.4 is 20.7 Å². The lowest BCUT2D eigenvalue weighted by Crippen LogP contribution is -2.39. The molecule has 1 saturated carbocycles. The summed E-state index contributed by atoms with van der Waals surface area (Å²) in [6, 6.07) is 15.8. The zero-order chi connectivity index (χ0) is 31.7. The lowest BCUT2D eigenvalue weighted by molar-refractivity contribution is -0.142. The lowest BCUT2D eigenvalue weighted by atomic mass is 10.1. The minimum atomic E-state index is -4.09. The van der Waals surface area contributed by atoms with Crippen LogP contribution in [0.15, 0.2) is 79.3 Å². The summed E-state index contributed by atoms with van der Waals surface area (Å²) in [5.74, 6) is 0.466. The van der Waals surface area contributed by atoms with Crippen LogP contribution in [0.5, 0.6) is 5.75 Å². The Labute approximate surface area is 265 Å². The number of hydrogen-bond acceptors (Lipinski definition) is 10. The van der Waals surface area contributed by atoms with Gasteiger partial charge in [0.25, 0.3) is 0 Å². The summed E-state index contributed by atoms with van der Waals surface area (Å²) in [4.78, 5) is 29.6. The number of hydrogen-bond donors (Lipinski definition) is 4. The van der Waals surface area contributed by atoms with Crippen LogP contribution in [0.1, 0.15) is 30.9 Å². The molecule has 0 saturated heterocycles. The summed E-state index contributed by atoms with van der Waals surface area (Å²) in [6.45, 7) is 0.0727. The molecule has 3 aromatic heterocycles. The highest BCUT2D eigenvalue weighted by atomic mass is 31.2. The van der Waals surface area contributed by atoms with Gasteiger partial charge >= 0.3 is 13.7 Å². The summed E-state index contributed by atoms with van der Waals surface area (Å²) in [7, 11) is -2.80. The highest BCUT2D eigenvalue weighted by molar-refractivity contribution is 7.52. The number of esters is 1. The Morgan fingerprint density at radius 2 is 1.93 bits per heavy atom. The zero-order valence-corrected chi connectivity index (χ0v) is 26.1. The van der Waals surface area contributed by atoms with Crippen molar-refractivity contribution < 1.29 is 23.1 Å². The van der Waals surface area contributed by atoms with Crippen molar-refractivity contribution in [1.29, 1.82) is 0 Å². The third-order valence-electron chi connectivity index (χ3n) is 8.19. The van der Waals surface area contributed by atoms with E-state index in [-0.39, 0.29) is 30.9 Å². The van der Waals surface area contributed by atoms with E-state index >= 15 is 0 Å². The van der Waals surface area contributed by atoms with E-state index in [1.54, 1.807) is 30.6 Å². The van der Waals surface area contributed by atoms with Gasteiger partial charge in [0.15, 0.2) is 17.0 Å². The van der Waals surface area contributed by atoms with Crippen LogP contribution in [0, 0.1) is 5.92 Å². The second-order valence-corrected chi connectivity index (χ2v) is 13.3. The minimum Gasteiger partial charge on any atom is -0.468 e. The highest BCUT2D eigenvalue weighted by Crippen LogP contribution is 2.46. The fourth-order valence-corrected chi connectivity index (χ4v) is 7.26. The van der Waals surface area contributed by atoms with E-state index in [1.165, 1.54) is 7.11 Å². The molecule has 1 fully saturated rings. The van der Waals surface area contributed by atoms with Gasteiger partial charge in [0.05, 0.1) is 26.1 Å². The molecule has 4 atom stereocenters. The number of H-pyrrole nitrogens is 1. The molecule has 238 valence electrons. The predicted molar refractivity (Wildman–Crippen MR) is 174 cm³/mol. The number of allylic oxidation sites excluding steroid dienone is 1. The molecule has 0 amide bonds. The number of anilines is 2. The van der Waals surface area contributed by atoms with Gasteiger partial charge in [0, 0.05) is 35.5 Å². The number of aromatic nitrogens is 5. The number of nitrogens with two attached hydrogens (primary N) is 1. The molecule has 5 aromatic rings. The average Bonchev–Trinajstić information content (AvgIpc) is 3.40. The zero-order valence-electron chi connectivity index (χ0n) is 25.2. The van der Waals surface area contributed by atoms with Crippen molar-refractivity contribution in [2.75, 3.05) is 24.8 Å². The Morgan fingerprint density at radius 3 is 2.74 bits per heavy atom. The highest BCUT2D eigenvalue weighted by Gasteiger charge is 2.36. The molecule has 0 radical (unpaired) electrons. The Kier molecular flexibility index (Phi) is 8.20. The van der Waals surface area contributed by atoms with E-state index in [2.05, 4.69) is 30.3 Å². The molecular formula is C32H35N8O5P. The molecule has 2 aliphatic rings. The van der Waals surface area contributed by atoms with Gasteiger partial charge in [-0.25, -0.2) is 9.55 Å². The van der Waals surface area contributed by atoms with Gasteiger partial charge in [0.1, 0.15) is 11.8 Å². The number of carbonyl (C=O) groups excluding carboxylic acids is 1. The van der Waals surface area contributed by atoms with Gasteiger partial charge in [-0.1, -0.05) is 48.6 Å². The Bertz CT molecular complexity index is 1940. The molecule has 0 aliphatic heterocycles. The average molecular weight is 643 g/mol. The van der Waals surface area contributed by atoms with Crippen LogP contribution in [0.3, 0.4) is 0 Å². The topological polar surface area (TPSA) is 171 Å². The van der Waals surface area contributed by atoms with Crippen LogP contribution in [0.4, 0.5) is 11.8 Å². The molecule has 2 aromatic carbocycles. The maximum absolute atomic E-state index is 14.4. The molecule has 3 heterocycles. The third-order valence-corrected chi connectivity index (χ3v) is 9.76. The summed E-state index contributed by atoms with van der Waals surface area (Å²) < 4.78 is 33.4. The Balaban J connectivity index is 1.08. The van der Waals surface area contributed by atoms with Crippen molar-refractivity contribution in [3.63, 3.8) is 0 Å². The normalized spacial score (nSPS) is 19.7. The number of para-hydroxylation sites is 2. The van der Waals surface area contributed by atoms with Crippen LogP contribution in [-0.4, -0.2) is 56.3 Å². The van der Waals surface area contributed by atoms with Crippen LogP contribution in [0.25, 0.3) is 22.1 Å². The number of fused-ring (bicyclic) bond motifs is 2. The van der Waals surface area contributed by atoms with Crippen molar-refractivity contribution in [2.45, 2.75) is 43.8 Å². The number of ether oxygens (including phenoxy) is 1. The van der Waals surface area contributed by atoms with Gasteiger partial charge in [-0.15, -0.1) is 0 Å². The first-order chi connectivity index (χ1) is 22.4. The van der Waals surface area contributed by atoms with E-state index in [1.807, 2.05) is 53.2 Å². The largest absolute Gasteiger partial charge is 0.468 e. The molecular weight excluding hydrogens is 607 g/mol. The summed E-state index contributed by atoms with van der Waals surface area (Å²) in [5, 5.41) is 7.24. The first kappa shape index (κ1) is 30.0. The van der Waals surface area contributed by atoms with Crippen LogP contribution in [-0.2, 0) is 25.0 Å². The minimum absolute atomic E-state index is 0.0727. The van der Waals surface area contributed by atoms with E-state index in [0.717, 1.165) is 29.3 Å². The van der Waals surface area contributed by atoms with E-state index in [9.17, 15) is 9.36 Å². The summed E-state index contributed by atoms with van der Waals surface area (Å²) in [6.07, 6.45) is 10.7. The molecule has 5 N–H and O–H groups in total. The van der Waals surface area contributed by atoms with Gasteiger partial charge in [-0.3, -0.25) is 9.32 Å². The maximum Gasteiger partial charge on any atom is 0.459 e. The van der Waals surface area contributed by atoms with Crippen LogP contribution in [0.2, 0.25) is 0 Å². The molecule has 0 bridgehead atoms. The van der Waals surface area contributed by atoms with Gasteiger partial charge in [-0.05, 0) is 43.0 Å². The number of rotatable bonds is 13. The number of nitrogens with zero attached hydrogens (tertiary/aromatic N) is 4. The number of methoxy groups -OCH3 is 1. The molecule has 0 spiro atoms. The number of benzene rings is 2. The number of imidazole rings is 1. The molecule has 1 unspecified atom stereocenters. The second kappa shape index (κ2) is 12.6. The molecule has 13 nitrogen and oxygen atoms in total. The molecule has 14 heteroatoms. The fourth-order valence-electron chi connectivity index (χ4n) is 5.72. The van der Waals surface area contributed by atoms with E-state index in [0.29, 0.717) is 35.2 Å².